The molecule has 3 heteroatoms. The lowest BCUT2D eigenvalue weighted by Gasteiger charge is -2.37. The molecule has 3 nitrogen and oxygen atoms in total. The summed E-state index contributed by atoms with van der Waals surface area (Å²) >= 11 is 0. The van der Waals surface area contributed by atoms with Crippen LogP contribution < -0.4 is 11.1 Å². The van der Waals surface area contributed by atoms with Gasteiger partial charge >= 0.3 is 0 Å². The number of nitrogens with two attached hydrogens (primary N) is 1. The molecule has 20 heavy (non-hydrogen) atoms. The van der Waals surface area contributed by atoms with Gasteiger partial charge in [0.25, 0.3) is 0 Å². The normalized spacial score (nSPS) is 22.2. The third kappa shape index (κ3) is 2.88. The van der Waals surface area contributed by atoms with Gasteiger partial charge in [0.2, 0.25) is 5.91 Å². The van der Waals surface area contributed by atoms with Crippen LogP contribution in [0.5, 0.6) is 0 Å². The maximum absolute atomic E-state index is 12.2. The van der Waals surface area contributed by atoms with Gasteiger partial charge in [-0.25, -0.2) is 0 Å². The Labute approximate surface area is 121 Å². The average molecular weight is 274 g/mol. The number of carbonyl (C=O) groups excluding carboxylic acids is 1. The lowest BCUT2D eigenvalue weighted by molar-refractivity contribution is -0.124. The molecule has 0 fully saturated rings. The summed E-state index contributed by atoms with van der Waals surface area (Å²) in [5.41, 5.74) is 8.70. The van der Waals surface area contributed by atoms with Gasteiger partial charge in [0, 0.05) is 0 Å². The molecule has 0 spiro atoms. The predicted molar refractivity (Wildman–Crippen MR) is 82.4 cm³/mol. The van der Waals surface area contributed by atoms with Gasteiger partial charge in [-0.05, 0) is 35.3 Å². The molecule has 110 valence electrons. The van der Waals surface area contributed by atoms with Crippen molar-refractivity contribution in [2.45, 2.75) is 58.0 Å². The van der Waals surface area contributed by atoms with Crippen LogP contribution in [0.2, 0.25) is 0 Å². The van der Waals surface area contributed by atoms with Gasteiger partial charge in [0.15, 0.2) is 0 Å². The SMILES string of the molecule is CC(C)[C@H](N)C(=O)NC1CCC(C)(C)c2ccccc21. The van der Waals surface area contributed by atoms with Gasteiger partial charge in [-0.15, -0.1) is 0 Å². The van der Waals surface area contributed by atoms with E-state index in [1.807, 2.05) is 19.9 Å². The molecule has 0 saturated carbocycles. The lowest BCUT2D eigenvalue weighted by Crippen LogP contribution is -2.46. The van der Waals surface area contributed by atoms with E-state index in [0.717, 1.165) is 12.8 Å². The van der Waals surface area contributed by atoms with E-state index in [2.05, 4.69) is 37.4 Å². The van der Waals surface area contributed by atoms with Crippen molar-refractivity contribution >= 4 is 5.91 Å². The van der Waals surface area contributed by atoms with Crippen molar-refractivity contribution in [3.63, 3.8) is 0 Å². The molecule has 1 aliphatic rings. The zero-order chi connectivity index (χ0) is 14.9. The quantitative estimate of drug-likeness (QED) is 0.890. The zero-order valence-electron chi connectivity index (χ0n) is 12.9. The smallest absolute Gasteiger partial charge is 0.237 e. The van der Waals surface area contributed by atoms with E-state index >= 15 is 0 Å². The van der Waals surface area contributed by atoms with Crippen LogP contribution >= 0.6 is 0 Å². The summed E-state index contributed by atoms with van der Waals surface area (Å²) < 4.78 is 0. The van der Waals surface area contributed by atoms with Gasteiger partial charge in [0.05, 0.1) is 12.1 Å². The van der Waals surface area contributed by atoms with Crippen LogP contribution in [0.1, 0.15) is 57.7 Å². The van der Waals surface area contributed by atoms with Crippen LogP contribution in [0, 0.1) is 5.92 Å². The molecule has 1 amide bonds. The molecular formula is C17H26N2O. The maximum Gasteiger partial charge on any atom is 0.237 e. The topological polar surface area (TPSA) is 55.1 Å². The summed E-state index contributed by atoms with van der Waals surface area (Å²) in [6, 6.07) is 8.08. The minimum absolute atomic E-state index is 0.0421. The van der Waals surface area contributed by atoms with Crippen LogP contribution in [-0.2, 0) is 10.2 Å². The van der Waals surface area contributed by atoms with E-state index < -0.39 is 6.04 Å². The first kappa shape index (κ1) is 15.0. The Morgan fingerprint density at radius 2 is 2.00 bits per heavy atom. The highest BCUT2D eigenvalue weighted by Gasteiger charge is 2.33. The Morgan fingerprint density at radius 1 is 1.35 bits per heavy atom. The molecule has 2 rings (SSSR count). The summed E-state index contributed by atoms with van der Waals surface area (Å²) in [6.45, 7) is 8.48. The number of carbonyl (C=O) groups is 1. The first-order valence-corrected chi connectivity index (χ1v) is 7.48. The van der Waals surface area contributed by atoms with Crippen LogP contribution in [-0.4, -0.2) is 11.9 Å². The molecule has 0 heterocycles. The molecule has 0 bridgehead atoms. The minimum Gasteiger partial charge on any atom is -0.348 e. The number of benzene rings is 1. The predicted octanol–water partition coefficient (Wildman–Crippen LogP) is 2.90. The van der Waals surface area contributed by atoms with E-state index in [4.69, 9.17) is 5.73 Å². The van der Waals surface area contributed by atoms with Crippen molar-refractivity contribution < 1.29 is 4.79 Å². The summed E-state index contributed by atoms with van der Waals surface area (Å²) in [7, 11) is 0. The van der Waals surface area contributed by atoms with Gasteiger partial charge in [-0.2, -0.15) is 0 Å². The van der Waals surface area contributed by atoms with E-state index in [0.29, 0.717) is 0 Å². The van der Waals surface area contributed by atoms with Crippen LogP contribution in [0.25, 0.3) is 0 Å². The molecule has 0 radical (unpaired) electrons. The largest absolute Gasteiger partial charge is 0.348 e. The molecule has 0 aliphatic heterocycles. The Kier molecular flexibility index (Phi) is 4.19. The third-order valence-corrected chi connectivity index (χ3v) is 4.46. The Morgan fingerprint density at radius 3 is 2.65 bits per heavy atom. The number of rotatable bonds is 3. The van der Waals surface area contributed by atoms with E-state index in [9.17, 15) is 4.79 Å². The van der Waals surface area contributed by atoms with Crippen molar-refractivity contribution in [3.8, 4) is 0 Å². The fourth-order valence-corrected chi connectivity index (χ4v) is 2.93. The summed E-state index contributed by atoms with van der Waals surface area (Å²) in [5, 5.41) is 3.13. The second-order valence-corrected chi connectivity index (χ2v) is 6.84. The molecule has 1 aliphatic carbocycles. The lowest BCUT2D eigenvalue weighted by atomic mass is 9.71. The Bertz CT molecular complexity index is 494. The fourth-order valence-electron chi connectivity index (χ4n) is 2.93. The number of amides is 1. The fraction of sp³-hybridized carbons (Fsp3) is 0.588. The van der Waals surface area contributed by atoms with Crippen molar-refractivity contribution in [3.05, 3.63) is 35.4 Å². The van der Waals surface area contributed by atoms with E-state index in [1.165, 1.54) is 11.1 Å². The van der Waals surface area contributed by atoms with Crippen LogP contribution in [0.4, 0.5) is 0 Å². The van der Waals surface area contributed by atoms with Crippen molar-refractivity contribution in [1.82, 2.24) is 5.32 Å². The van der Waals surface area contributed by atoms with Gasteiger partial charge in [-0.1, -0.05) is 52.0 Å². The van der Waals surface area contributed by atoms with Crippen LogP contribution in [0.3, 0.4) is 0 Å². The minimum atomic E-state index is -0.433. The van der Waals surface area contributed by atoms with E-state index in [-0.39, 0.29) is 23.3 Å². The standard InChI is InChI=1S/C17H26N2O/c1-11(2)15(18)16(20)19-14-9-10-17(3,4)13-8-6-5-7-12(13)14/h5-8,11,14-15H,9-10,18H2,1-4H3,(H,19,20)/t14?,15-/m0/s1. The molecule has 3 N–H and O–H groups in total. The highest BCUT2D eigenvalue weighted by molar-refractivity contribution is 5.82. The highest BCUT2D eigenvalue weighted by Crippen LogP contribution is 2.41. The average Bonchev–Trinajstić information content (AvgIpc) is 2.41. The van der Waals surface area contributed by atoms with Crippen molar-refractivity contribution in [2.24, 2.45) is 11.7 Å². The second-order valence-electron chi connectivity index (χ2n) is 6.84. The summed E-state index contributed by atoms with van der Waals surface area (Å²) in [4.78, 5) is 12.2. The van der Waals surface area contributed by atoms with Gasteiger partial charge < -0.3 is 11.1 Å². The third-order valence-electron chi connectivity index (χ3n) is 4.46. The molecule has 0 aromatic heterocycles. The number of fused-ring (bicyclic) bond motifs is 1. The Hall–Kier alpha value is -1.35. The highest BCUT2D eigenvalue weighted by atomic mass is 16.2. The van der Waals surface area contributed by atoms with E-state index in [1.54, 1.807) is 0 Å². The molecule has 2 atom stereocenters. The van der Waals surface area contributed by atoms with Crippen LogP contribution in [0.15, 0.2) is 24.3 Å². The summed E-state index contributed by atoms with van der Waals surface area (Å²) in [6.07, 6.45) is 2.05. The van der Waals surface area contributed by atoms with Gasteiger partial charge in [0.1, 0.15) is 0 Å². The maximum atomic E-state index is 12.2. The monoisotopic (exact) mass is 274 g/mol. The molecule has 1 unspecified atom stereocenters. The first-order chi connectivity index (χ1) is 9.33. The number of nitrogens with one attached hydrogen (secondary N) is 1. The van der Waals surface area contributed by atoms with Gasteiger partial charge in [-0.3, -0.25) is 4.79 Å². The molecule has 1 aromatic carbocycles. The zero-order valence-corrected chi connectivity index (χ0v) is 12.9. The number of hydrogen-bond acceptors (Lipinski definition) is 2. The first-order valence-electron chi connectivity index (χ1n) is 7.48. The van der Waals surface area contributed by atoms with Crippen molar-refractivity contribution in [1.29, 1.82) is 0 Å². The molecular weight excluding hydrogens is 248 g/mol. The summed E-state index contributed by atoms with van der Waals surface area (Å²) in [5.74, 6) is 0.116. The second kappa shape index (κ2) is 5.57. The molecule has 1 aromatic rings. The molecule has 0 saturated heterocycles. The number of hydrogen-bond donors (Lipinski definition) is 2. The Balaban J connectivity index is 2.21. The van der Waals surface area contributed by atoms with Crippen molar-refractivity contribution in [2.75, 3.05) is 0 Å².